The van der Waals surface area contributed by atoms with Gasteiger partial charge in [-0.25, -0.2) is 9.59 Å². The van der Waals surface area contributed by atoms with Crippen molar-refractivity contribution in [1.82, 2.24) is 9.97 Å². The maximum absolute atomic E-state index is 11.5. The van der Waals surface area contributed by atoms with E-state index >= 15 is 0 Å². The third kappa shape index (κ3) is 4.18. The number of nitrogens with zero attached hydrogens (tertiary/aromatic N) is 1. The number of rotatable bonds is 5. The van der Waals surface area contributed by atoms with E-state index in [9.17, 15) is 14.4 Å². The molecule has 23 heavy (non-hydrogen) atoms. The summed E-state index contributed by atoms with van der Waals surface area (Å²) in [6.45, 7) is -0.465. The van der Waals surface area contributed by atoms with Crippen LogP contribution in [0.1, 0.15) is 16.8 Å². The average Bonchev–Trinajstić information content (AvgIpc) is 2.51. The molecule has 0 saturated carbocycles. The SMILES string of the molecule is N#Cc1c(C=Cc2cccc(OCC(=O)O)c2)[nH]c(=O)[nH]c1=O. The molecule has 0 unspecified atom stereocenters. The van der Waals surface area contributed by atoms with Gasteiger partial charge in [-0.1, -0.05) is 18.2 Å². The molecule has 0 fully saturated rings. The van der Waals surface area contributed by atoms with Crippen LogP contribution in [0.25, 0.3) is 12.2 Å². The summed E-state index contributed by atoms with van der Waals surface area (Å²) < 4.78 is 5.04. The second-order valence-corrected chi connectivity index (χ2v) is 4.40. The van der Waals surface area contributed by atoms with E-state index in [0.717, 1.165) is 0 Å². The van der Waals surface area contributed by atoms with E-state index in [2.05, 4.69) is 4.98 Å². The van der Waals surface area contributed by atoms with Crippen LogP contribution in [0.15, 0.2) is 33.9 Å². The van der Waals surface area contributed by atoms with Gasteiger partial charge in [0.15, 0.2) is 6.61 Å². The third-order valence-electron chi connectivity index (χ3n) is 2.75. The summed E-state index contributed by atoms with van der Waals surface area (Å²) >= 11 is 0. The van der Waals surface area contributed by atoms with Gasteiger partial charge >= 0.3 is 11.7 Å². The van der Waals surface area contributed by atoms with E-state index in [-0.39, 0.29) is 11.3 Å². The number of nitrogens with one attached hydrogen (secondary N) is 2. The molecule has 0 radical (unpaired) electrons. The van der Waals surface area contributed by atoms with Crippen molar-refractivity contribution in [1.29, 1.82) is 5.26 Å². The summed E-state index contributed by atoms with van der Waals surface area (Å²) in [6.07, 6.45) is 2.96. The second kappa shape index (κ2) is 6.91. The van der Waals surface area contributed by atoms with Gasteiger partial charge in [0.1, 0.15) is 17.4 Å². The predicted octanol–water partition coefficient (Wildman–Crippen LogP) is 0.569. The van der Waals surface area contributed by atoms with Gasteiger partial charge in [-0.05, 0) is 23.8 Å². The molecule has 3 N–H and O–H groups in total. The van der Waals surface area contributed by atoms with E-state index < -0.39 is 23.8 Å². The minimum Gasteiger partial charge on any atom is -0.482 e. The molecule has 0 atom stereocenters. The Hall–Kier alpha value is -3.60. The maximum Gasteiger partial charge on any atom is 0.341 e. The van der Waals surface area contributed by atoms with Crippen LogP contribution < -0.4 is 16.0 Å². The molecule has 1 aromatic carbocycles. The van der Waals surface area contributed by atoms with Crippen LogP contribution in [-0.2, 0) is 4.79 Å². The summed E-state index contributed by atoms with van der Waals surface area (Å²) in [6, 6.07) is 8.26. The van der Waals surface area contributed by atoms with Crippen molar-refractivity contribution in [2.45, 2.75) is 0 Å². The number of aliphatic carboxylic acids is 1. The van der Waals surface area contributed by atoms with Crippen molar-refractivity contribution >= 4 is 18.1 Å². The molecule has 2 rings (SSSR count). The molecular formula is C15H11N3O5. The first-order valence-electron chi connectivity index (χ1n) is 6.39. The van der Waals surface area contributed by atoms with Gasteiger partial charge in [-0.15, -0.1) is 0 Å². The number of hydrogen-bond acceptors (Lipinski definition) is 5. The number of nitriles is 1. The highest BCUT2D eigenvalue weighted by atomic mass is 16.5. The molecule has 0 aliphatic rings. The Morgan fingerprint density at radius 3 is 2.78 bits per heavy atom. The lowest BCUT2D eigenvalue weighted by Crippen LogP contribution is -2.25. The van der Waals surface area contributed by atoms with Crippen molar-refractivity contribution in [2.75, 3.05) is 6.61 Å². The van der Waals surface area contributed by atoms with Crippen LogP contribution in [0.3, 0.4) is 0 Å². The number of H-pyrrole nitrogens is 2. The Labute approximate surface area is 129 Å². The third-order valence-corrected chi connectivity index (χ3v) is 2.75. The lowest BCUT2D eigenvalue weighted by atomic mass is 10.1. The molecule has 8 nitrogen and oxygen atoms in total. The highest BCUT2D eigenvalue weighted by Crippen LogP contribution is 2.15. The number of benzene rings is 1. The van der Waals surface area contributed by atoms with Gasteiger partial charge in [-0.2, -0.15) is 5.26 Å². The van der Waals surface area contributed by atoms with Gasteiger partial charge in [0.05, 0.1) is 5.69 Å². The van der Waals surface area contributed by atoms with Crippen LogP contribution in [0.4, 0.5) is 0 Å². The summed E-state index contributed by atoms with van der Waals surface area (Å²) in [5.74, 6) is -0.736. The predicted molar refractivity (Wildman–Crippen MR) is 80.9 cm³/mol. The number of aromatic amines is 2. The molecule has 0 aliphatic carbocycles. The van der Waals surface area contributed by atoms with E-state index in [0.29, 0.717) is 11.3 Å². The van der Waals surface area contributed by atoms with Crippen LogP contribution in [-0.4, -0.2) is 27.7 Å². The van der Waals surface area contributed by atoms with Crippen LogP contribution in [0, 0.1) is 11.3 Å². The molecular weight excluding hydrogens is 302 g/mol. The zero-order valence-electron chi connectivity index (χ0n) is 11.7. The molecule has 1 aromatic heterocycles. The molecule has 2 aromatic rings. The quantitative estimate of drug-likeness (QED) is 0.738. The van der Waals surface area contributed by atoms with Crippen LogP contribution >= 0.6 is 0 Å². The molecule has 0 aliphatic heterocycles. The Morgan fingerprint density at radius 1 is 1.30 bits per heavy atom. The number of hydrogen-bond donors (Lipinski definition) is 3. The smallest absolute Gasteiger partial charge is 0.341 e. The minimum absolute atomic E-state index is 0.0816. The number of aromatic nitrogens is 2. The molecule has 0 amide bonds. The van der Waals surface area contributed by atoms with E-state index in [1.165, 1.54) is 6.08 Å². The number of carbonyl (C=O) groups is 1. The fourth-order valence-electron chi connectivity index (χ4n) is 1.77. The first-order chi connectivity index (χ1) is 11.0. The normalized spacial score (nSPS) is 10.4. The summed E-state index contributed by atoms with van der Waals surface area (Å²) in [5, 5.41) is 17.5. The molecule has 8 heteroatoms. The van der Waals surface area contributed by atoms with Crippen molar-refractivity contribution in [2.24, 2.45) is 0 Å². The summed E-state index contributed by atoms with van der Waals surface area (Å²) in [7, 11) is 0. The zero-order chi connectivity index (χ0) is 16.8. The van der Waals surface area contributed by atoms with Gasteiger partial charge in [0.2, 0.25) is 0 Å². The van der Waals surface area contributed by atoms with Crippen molar-refractivity contribution in [3.05, 3.63) is 61.9 Å². The Balaban J connectivity index is 2.29. The minimum atomic E-state index is -1.09. The second-order valence-electron chi connectivity index (χ2n) is 4.40. The van der Waals surface area contributed by atoms with Crippen molar-refractivity contribution < 1.29 is 14.6 Å². The molecule has 1 heterocycles. The monoisotopic (exact) mass is 313 g/mol. The van der Waals surface area contributed by atoms with Crippen molar-refractivity contribution in [3.63, 3.8) is 0 Å². The van der Waals surface area contributed by atoms with E-state index in [4.69, 9.17) is 15.1 Å². The molecule has 0 spiro atoms. The zero-order valence-corrected chi connectivity index (χ0v) is 11.7. The Kier molecular flexibility index (Phi) is 4.74. The van der Waals surface area contributed by atoms with E-state index in [1.807, 2.05) is 4.98 Å². The topological polar surface area (TPSA) is 136 Å². The summed E-state index contributed by atoms with van der Waals surface area (Å²) in [4.78, 5) is 37.6. The highest BCUT2D eigenvalue weighted by Gasteiger charge is 2.06. The van der Waals surface area contributed by atoms with Gasteiger partial charge in [-0.3, -0.25) is 9.78 Å². The maximum atomic E-state index is 11.5. The highest BCUT2D eigenvalue weighted by molar-refractivity contribution is 5.71. The standard InChI is InChI=1S/C15H11N3O5/c16-7-11-12(17-15(22)18-14(11)21)5-4-9-2-1-3-10(6-9)23-8-13(19)20/h1-6H,8H2,(H,19,20)(H2,17,18,21,22). The van der Waals surface area contributed by atoms with Crippen LogP contribution in [0.2, 0.25) is 0 Å². The van der Waals surface area contributed by atoms with Crippen LogP contribution in [0.5, 0.6) is 5.75 Å². The Morgan fingerprint density at radius 2 is 2.09 bits per heavy atom. The number of ether oxygens (including phenoxy) is 1. The van der Waals surface area contributed by atoms with E-state index in [1.54, 1.807) is 36.4 Å². The summed E-state index contributed by atoms with van der Waals surface area (Å²) in [5.41, 5.74) is -0.975. The van der Waals surface area contributed by atoms with Gasteiger partial charge in [0.25, 0.3) is 5.56 Å². The number of carboxylic acid groups (broad SMARTS) is 1. The van der Waals surface area contributed by atoms with Gasteiger partial charge < -0.3 is 14.8 Å². The molecule has 116 valence electrons. The Bertz CT molecular complexity index is 918. The molecule has 0 saturated heterocycles. The molecule has 0 bridgehead atoms. The fourth-order valence-corrected chi connectivity index (χ4v) is 1.77. The van der Waals surface area contributed by atoms with Crippen molar-refractivity contribution in [3.8, 4) is 11.8 Å². The fraction of sp³-hybridized carbons (Fsp3) is 0.0667. The lowest BCUT2D eigenvalue weighted by Gasteiger charge is -2.03. The first-order valence-corrected chi connectivity index (χ1v) is 6.39. The first kappa shape index (κ1) is 15.8. The lowest BCUT2D eigenvalue weighted by molar-refractivity contribution is -0.139. The largest absolute Gasteiger partial charge is 0.482 e. The number of carboxylic acids is 1. The van der Waals surface area contributed by atoms with Gasteiger partial charge in [0, 0.05) is 0 Å². The average molecular weight is 313 g/mol.